The van der Waals surface area contributed by atoms with E-state index in [0.717, 1.165) is 56.5 Å². The summed E-state index contributed by atoms with van der Waals surface area (Å²) in [5, 5.41) is 1.97. The summed E-state index contributed by atoms with van der Waals surface area (Å²) in [5.41, 5.74) is 5.61. The van der Waals surface area contributed by atoms with Crippen LogP contribution in [0.3, 0.4) is 0 Å². The molecular weight excluding hydrogens is 476 g/mol. The number of aromatic nitrogens is 2. The Morgan fingerprint density at radius 1 is 1.31 bits per heavy atom. The molecule has 4 aliphatic rings. The van der Waals surface area contributed by atoms with Gasteiger partial charge in [0.15, 0.2) is 0 Å². The second-order valence-corrected chi connectivity index (χ2v) is 13.6. The molecule has 0 spiro atoms. The summed E-state index contributed by atoms with van der Waals surface area (Å²) in [7, 11) is 2.40. The van der Waals surface area contributed by atoms with Gasteiger partial charge in [0.1, 0.15) is 5.41 Å². The van der Waals surface area contributed by atoms with Crippen LogP contribution in [0.4, 0.5) is 10.3 Å². The Morgan fingerprint density at radius 3 is 2.78 bits per heavy atom. The van der Waals surface area contributed by atoms with Gasteiger partial charge < -0.3 is 15.5 Å². The van der Waals surface area contributed by atoms with Crippen LogP contribution in [0.15, 0.2) is 11.2 Å². The first kappa shape index (κ1) is 26.1. The smallest absolute Gasteiger partial charge is 0.248 e. The van der Waals surface area contributed by atoms with Crippen molar-refractivity contribution in [1.29, 1.82) is 0 Å². The number of aliphatic imine (C=N–C) groups is 1. The monoisotopic (exact) mass is 519 g/mol. The number of nitrogens with one attached hydrogen (secondary N) is 2. The maximum Gasteiger partial charge on any atom is 0.248 e. The highest BCUT2D eigenvalue weighted by molar-refractivity contribution is 7.18. The van der Waals surface area contributed by atoms with E-state index in [2.05, 4.69) is 53.9 Å². The van der Waals surface area contributed by atoms with E-state index >= 15 is 0 Å². The summed E-state index contributed by atoms with van der Waals surface area (Å²) in [6.07, 6.45) is 8.47. The number of amides is 1. The van der Waals surface area contributed by atoms with Crippen molar-refractivity contribution >= 4 is 26.8 Å². The molecule has 2 N–H and O–H groups in total. The van der Waals surface area contributed by atoms with E-state index in [0.29, 0.717) is 43.2 Å². The Labute approximate surface area is 217 Å². The van der Waals surface area contributed by atoms with Crippen molar-refractivity contribution in [2.24, 2.45) is 28.7 Å². The number of hydrogen-bond acceptors (Lipinski definition) is 5. The number of carbonyl (C=O) groups is 1. The fourth-order valence-electron chi connectivity index (χ4n) is 6.69. The van der Waals surface area contributed by atoms with Crippen LogP contribution in [0, 0.1) is 23.7 Å². The zero-order valence-electron chi connectivity index (χ0n) is 22.2. The van der Waals surface area contributed by atoms with Crippen molar-refractivity contribution in [1.82, 2.24) is 15.0 Å². The molecule has 1 amide bonds. The van der Waals surface area contributed by atoms with Gasteiger partial charge in [-0.1, -0.05) is 23.1 Å². The van der Waals surface area contributed by atoms with Crippen LogP contribution in [0.25, 0.3) is 0 Å². The SMILES string of the molecule is CC1CNC(=O)[C@@H](CC2Nn3cc(C(C)C4CCC(F)(P)CC4)nc3N=C2C2CCOC(C)(C)C2)C1. The normalized spacial score (nSPS) is 37.3. The molecule has 1 aliphatic carbocycles. The molecule has 0 radical (unpaired) electrons. The van der Waals surface area contributed by atoms with Gasteiger partial charge in [-0.3, -0.25) is 4.79 Å². The fraction of sp³-hybridized carbons (Fsp3) is 0.815. The molecule has 6 atom stereocenters. The molecule has 36 heavy (non-hydrogen) atoms. The lowest BCUT2D eigenvalue weighted by Crippen LogP contribution is -2.49. The van der Waals surface area contributed by atoms with Crippen LogP contribution in [-0.4, -0.2) is 51.5 Å². The molecular formula is C27H43FN5O2P. The Kier molecular flexibility index (Phi) is 7.23. The number of rotatable bonds is 5. The number of nitrogens with zero attached hydrogens (tertiary/aromatic N) is 3. The summed E-state index contributed by atoms with van der Waals surface area (Å²) < 4.78 is 22.3. The van der Waals surface area contributed by atoms with Crippen LogP contribution in [-0.2, 0) is 9.53 Å². The first-order chi connectivity index (χ1) is 17.0. The summed E-state index contributed by atoms with van der Waals surface area (Å²) in [6.45, 7) is 10.2. The molecule has 0 bridgehead atoms. The molecule has 9 heteroatoms. The lowest BCUT2D eigenvalue weighted by atomic mass is 9.79. The van der Waals surface area contributed by atoms with Gasteiger partial charge in [-0.25, -0.2) is 19.0 Å². The van der Waals surface area contributed by atoms with Gasteiger partial charge in [0, 0.05) is 36.6 Å². The number of halogens is 1. The largest absolute Gasteiger partial charge is 0.376 e. The molecule has 4 heterocycles. The van der Waals surface area contributed by atoms with Crippen LogP contribution >= 0.6 is 9.24 Å². The topological polar surface area (TPSA) is 80.5 Å². The van der Waals surface area contributed by atoms with Crippen molar-refractivity contribution in [3.05, 3.63) is 11.9 Å². The molecule has 1 aromatic rings. The minimum Gasteiger partial charge on any atom is -0.376 e. The molecule has 0 aromatic carbocycles. The van der Waals surface area contributed by atoms with Gasteiger partial charge in [0.05, 0.1) is 23.5 Å². The predicted octanol–water partition coefficient (Wildman–Crippen LogP) is 5.08. The van der Waals surface area contributed by atoms with Gasteiger partial charge >= 0.3 is 0 Å². The van der Waals surface area contributed by atoms with Crippen LogP contribution in [0.5, 0.6) is 0 Å². The summed E-state index contributed by atoms with van der Waals surface area (Å²) >= 11 is 0. The van der Waals surface area contributed by atoms with Crippen LogP contribution in [0.2, 0.25) is 0 Å². The molecule has 1 aromatic heterocycles. The van der Waals surface area contributed by atoms with E-state index < -0.39 is 5.41 Å². The highest BCUT2D eigenvalue weighted by Crippen LogP contribution is 2.45. The number of imidazole rings is 1. The van der Waals surface area contributed by atoms with Crippen molar-refractivity contribution < 1.29 is 13.9 Å². The molecule has 3 fully saturated rings. The summed E-state index contributed by atoms with van der Waals surface area (Å²) in [4.78, 5) is 22.8. The third kappa shape index (κ3) is 5.65. The summed E-state index contributed by atoms with van der Waals surface area (Å²) in [5.74, 6) is 2.26. The molecule has 200 valence electrons. The van der Waals surface area contributed by atoms with E-state index in [9.17, 15) is 9.18 Å². The number of ether oxygens (including phenoxy) is 1. The average molecular weight is 520 g/mol. The van der Waals surface area contributed by atoms with Crippen molar-refractivity contribution in [2.75, 3.05) is 18.6 Å². The predicted molar refractivity (Wildman–Crippen MR) is 144 cm³/mol. The van der Waals surface area contributed by atoms with Crippen LogP contribution < -0.4 is 10.7 Å². The number of hydrogen-bond donors (Lipinski definition) is 2. The van der Waals surface area contributed by atoms with Crippen LogP contribution in [0.1, 0.15) is 90.7 Å². The Balaban J connectivity index is 1.39. The Morgan fingerprint density at radius 2 is 2.06 bits per heavy atom. The third-order valence-corrected chi connectivity index (χ3v) is 9.52. The van der Waals surface area contributed by atoms with Gasteiger partial charge in [0.2, 0.25) is 11.9 Å². The second-order valence-electron chi connectivity index (χ2n) is 12.5. The van der Waals surface area contributed by atoms with Gasteiger partial charge in [-0.05, 0) is 77.0 Å². The maximum absolute atomic E-state index is 14.3. The minimum absolute atomic E-state index is 0.0197. The van der Waals surface area contributed by atoms with Gasteiger partial charge in [0.25, 0.3) is 0 Å². The number of carbonyl (C=O) groups excluding carboxylic acids is 1. The Hall–Kier alpha value is -1.53. The number of piperidine rings is 1. The molecule has 3 aliphatic heterocycles. The van der Waals surface area contributed by atoms with E-state index in [4.69, 9.17) is 14.7 Å². The quantitative estimate of drug-likeness (QED) is 0.532. The van der Waals surface area contributed by atoms with Crippen molar-refractivity contribution in [3.63, 3.8) is 0 Å². The zero-order chi connectivity index (χ0) is 25.7. The van der Waals surface area contributed by atoms with Crippen molar-refractivity contribution in [2.45, 2.75) is 102 Å². The van der Waals surface area contributed by atoms with E-state index in [1.807, 2.05) is 4.68 Å². The van der Waals surface area contributed by atoms with Crippen molar-refractivity contribution in [3.8, 4) is 0 Å². The first-order valence-electron chi connectivity index (χ1n) is 13.8. The maximum atomic E-state index is 14.3. The highest BCUT2D eigenvalue weighted by Gasteiger charge is 2.40. The lowest BCUT2D eigenvalue weighted by Gasteiger charge is -2.40. The first-order valence-corrected chi connectivity index (χ1v) is 14.4. The van der Waals surface area contributed by atoms with E-state index in [1.165, 1.54) is 0 Å². The molecule has 1 saturated carbocycles. The second kappa shape index (κ2) is 9.98. The number of fused-ring (bicyclic) bond motifs is 1. The van der Waals surface area contributed by atoms with Gasteiger partial charge in [-0.2, -0.15) is 0 Å². The minimum atomic E-state index is -1.11. The highest BCUT2D eigenvalue weighted by atomic mass is 31.0. The Bertz CT molecular complexity index is 998. The van der Waals surface area contributed by atoms with Gasteiger partial charge in [-0.15, -0.1) is 0 Å². The lowest BCUT2D eigenvalue weighted by molar-refractivity contribution is -0.127. The van der Waals surface area contributed by atoms with E-state index in [1.54, 1.807) is 0 Å². The standard InChI is InChI=1S/C27H43FN5O2P/c1-16-11-20(24(34)29-14-16)12-21-23(19-7-10-35-26(3,4)13-19)31-25-30-22(15-33(25)32-21)17(2)18-5-8-27(28,36)9-6-18/h15-21,32H,5-14,36H2,1-4H3,(H,29,34)/t16?,17?,18?,19?,20-,21?,27?/m1/s1. The zero-order valence-corrected chi connectivity index (χ0v) is 23.4. The summed E-state index contributed by atoms with van der Waals surface area (Å²) in [6, 6.07) is -0.0197. The molecule has 5 rings (SSSR count). The molecule has 2 saturated heterocycles. The number of alkyl halides is 1. The fourth-order valence-corrected chi connectivity index (χ4v) is 7.02. The molecule has 7 nitrogen and oxygen atoms in total. The third-order valence-electron chi connectivity index (χ3n) is 8.94. The van der Waals surface area contributed by atoms with E-state index in [-0.39, 0.29) is 29.4 Å². The average Bonchev–Trinajstić information content (AvgIpc) is 3.23. The molecule has 5 unspecified atom stereocenters.